The van der Waals surface area contributed by atoms with E-state index in [1.54, 1.807) is 41.1 Å². The molecule has 0 aliphatic heterocycles. The highest BCUT2D eigenvalue weighted by atomic mass is 19.1. The molecule has 0 amide bonds. The summed E-state index contributed by atoms with van der Waals surface area (Å²) in [6.07, 6.45) is 0. The van der Waals surface area contributed by atoms with Gasteiger partial charge in [-0.1, -0.05) is 24.3 Å². The lowest BCUT2D eigenvalue weighted by atomic mass is 10.1. The Balaban J connectivity index is 1.91. The summed E-state index contributed by atoms with van der Waals surface area (Å²) < 4.78 is 28.2. The summed E-state index contributed by atoms with van der Waals surface area (Å²) >= 11 is 0. The smallest absolute Gasteiger partial charge is 0.132 e. The van der Waals surface area contributed by atoms with Gasteiger partial charge in [-0.2, -0.15) is 5.10 Å². The molecule has 0 radical (unpaired) electrons. The molecule has 3 rings (SSSR count). The molecule has 3 nitrogen and oxygen atoms in total. The van der Waals surface area contributed by atoms with Crippen LogP contribution in [0.4, 0.5) is 14.6 Å². The van der Waals surface area contributed by atoms with E-state index in [1.807, 2.05) is 0 Å². The van der Waals surface area contributed by atoms with Crippen LogP contribution in [0.25, 0.3) is 11.3 Å². The van der Waals surface area contributed by atoms with E-state index in [1.165, 1.54) is 18.2 Å². The molecular formula is C16H13F2N3. The van der Waals surface area contributed by atoms with Crippen molar-refractivity contribution in [2.24, 2.45) is 0 Å². The van der Waals surface area contributed by atoms with Crippen LogP contribution in [0.5, 0.6) is 0 Å². The maximum absolute atomic E-state index is 13.8. The van der Waals surface area contributed by atoms with E-state index in [2.05, 4.69) is 5.10 Å². The number of aromatic nitrogens is 2. The van der Waals surface area contributed by atoms with Gasteiger partial charge in [-0.05, 0) is 29.8 Å². The van der Waals surface area contributed by atoms with E-state index >= 15 is 0 Å². The molecule has 106 valence electrons. The fourth-order valence-corrected chi connectivity index (χ4v) is 2.12. The molecule has 3 aromatic rings. The number of hydrogen-bond donors (Lipinski definition) is 1. The predicted molar refractivity (Wildman–Crippen MR) is 77.5 cm³/mol. The van der Waals surface area contributed by atoms with E-state index in [0.717, 1.165) is 5.56 Å². The number of nitrogens with zero attached hydrogens (tertiary/aromatic N) is 2. The van der Waals surface area contributed by atoms with Crippen molar-refractivity contribution in [1.82, 2.24) is 9.78 Å². The van der Waals surface area contributed by atoms with Gasteiger partial charge in [0.2, 0.25) is 0 Å². The number of halogens is 2. The second-order valence-corrected chi connectivity index (χ2v) is 4.72. The van der Waals surface area contributed by atoms with Crippen molar-refractivity contribution in [3.63, 3.8) is 0 Å². The first kappa shape index (κ1) is 13.3. The van der Waals surface area contributed by atoms with Crippen LogP contribution in [0.15, 0.2) is 54.6 Å². The number of hydrogen-bond acceptors (Lipinski definition) is 2. The highest BCUT2D eigenvalue weighted by molar-refractivity contribution is 5.62. The second kappa shape index (κ2) is 5.36. The third-order valence-electron chi connectivity index (χ3n) is 3.21. The van der Waals surface area contributed by atoms with Gasteiger partial charge in [-0.25, -0.2) is 13.5 Å². The van der Waals surface area contributed by atoms with Crippen LogP contribution in [0.3, 0.4) is 0 Å². The number of rotatable bonds is 3. The summed E-state index contributed by atoms with van der Waals surface area (Å²) in [6.45, 7) is 0.403. The minimum atomic E-state index is -0.344. The monoisotopic (exact) mass is 285 g/mol. The van der Waals surface area contributed by atoms with Crippen molar-refractivity contribution >= 4 is 5.82 Å². The van der Waals surface area contributed by atoms with Gasteiger partial charge in [0, 0.05) is 11.6 Å². The molecule has 0 saturated heterocycles. The van der Waals surface area contributed by atoms with Crippen LogP contribution in [0, 0.1) is 11.6 Å². The van der Waals surface area contributed by atoms with E-state index in [0.29, 0.717) is 23.6 Å². The van der Waals surface area contributed by atoms with Crippen molar-refractivity contribution in [3.8, 4) is 11.3 Å². The molecular weight excluding hydrogens is 272 g/mol. The molecule has 0 spiro atoms. The third-order valence-corrected chi connectivity index (χ3v) is 3.21. The highest BCUT2D eigenvalue weighted by Gasteiger charge is 2.11. The van der Waals surface area contributed by atoms with Gasteiger partial charge in [0.15, 0.2) is 0 Å². The van der Waals surface area contributed by atoms with E-state index in [-0.39, 0.29) is 11.6 Å². The number of benzene rings is 2. The standard InChI is InChI=1S/C16H13F2N3/c17-12-7-5-11(6-8-12)10-21-16(19)9-15(20-21)13-3-1-2-4-14(13)18/h1-9H,10,19H2. The van der Waals surface area contributed by atoms with Gasteiger partial charge in [0.1, 0.15) is 17.5 Å². The molecule has 0 bridgehead atoms. The van der Waals surface area contributed by atoms with E-state index in [4.69, 9.17) is 5.73 Å². The molecule has 0 unspecified atom stereocenters. The summed E-state index contributed by atoms with van der Waals surface area (Å²) in [4.78, 5) is 0. The molecule has 2 aromatic carbocycles. The second-order valence-electron chi connectivity index (χ2n) is 4.72. The summed E-state index contributed by atoms with van der Waals surface area (Å²) in [6, 6.07) is 14.1. The fraction of sp³-hybridized carbons (Fsp3) is 0.0625. The Bertz CT molecular complexity index is 763. The van der Waals surface area contributed by atoms with Crippen LogP contribution < -0.4 is 5.73 Å². The van der Waals surface area contributed by atoms with Crippen molar-refractivity contribution in [2.75, 3.05) is 5.73 Å². The summed E-state index contributed by atoms with van der Waals surface area (Å²) in [5, 5.41) is 4.32. The minimum absolute atomic E-state index is 0.292. The lowest BCUT2D eigenvalue weighted by Crippen LogP contribution is -2.05. The third kappa shape index (κ3) is 2.76. The average molecular weight is 285 g/mol. The average Bonchev–Trinajstić information content (AvgIpc) is 2.83. The fourth-order valence-electron chi connectivity index (χ4n) is 2.12. The maximum atomic E-state index is 13.8. The molecule has 1 heterocycles. The van der Waals surface area contributed by atoms with Crippen LogP contribution in [0.1, 0.15) is 5.56 Å². The van der Waals surface area contributed by atoms with Gasteiger partial charge < -0.3 is 5.73 Å². The first-order valence-corrected chi connectivity index (χ1v) is 6.46. The minimum Gasteiger partial charge on any atom is -0.384 e. The normalized spacial score (nSPS) is 10.8. The molecule has 1 aromatic heterocycles. The number of anilines is 1. The summed E-state index contributed by atoms with van der Waals surface area (Å²) in [7, 11) is 0. The largest absolute Gasteiger partial charge is 0.384 e. The first-order chi connectivity index (χ1) is 10.1. The van der Waals surface area contributed by atoms with Crippen molar-refractivity contribution < 1.29 is 8.78 Å². The van der Waals surface area contributed by atoms with Crippen LogP contribution in [-0.2, 0) is 6.54 Å². The van der Waals surface area contributed by atoms with Gasteiger partial charge in [0.05, 0.1) is 12.2 Å². The molecule has 0 aliphatic rings. The van der Waals surface area contributed by atoms with Crippen molar-refractivity contribution in [2.45, 2.75) is 6.54 Å². The Kier molecular flexibility index (Phi) is 3.39. The summed E-state index contributed by atoms with van der Waals surface area (Å²) in [5.41, 5.74) is 7.66. The molecule has 5 heteroatoms. The lowest BCUT2D eigenvalue weighted by Gasteiger charge is -2.04. The van der Waals surface area contributed by atoms with Gasteiger partial charge in [0.25, 0.3) is 0 Å². The first-order valence-electron chi connectivity index (χ1n) is 6.46. The molecule has 2 N–H and O–H groups in total. The number of nitrogen functional groups attached to an aromatic ring is 1. The zero-order chi connectivity index (χ0) is 14.8. The van der Waals surface area contributed by atoms with E-state index < -0.39 is 0 Å². The van der Waals surface area contributed by atoms with Crippen LogP contribution >= 0.6 is 0 Å². The van der Waals surface area contributed by atoms with Crippen LogP contribution in [0.2, 0.25) is 0 Å². The zero-order valence-electron chi connectivity index (χ0n) is 11.1. The Morgan fingerprint density at radius 1 is 1.00 bits per heavy atom. The zero-order valence-corrected chi connectivity index (χ0v) is 11.1. The molecule has 0 saturated carbocycles. The molecule has 0 aliphatic carbocycles. The SMILES string of the molecule is Nc1cc(-c2ccccc2F)nn1Cc1ccc(F)cc1. The number of nitrogens with two attached hydrogens (primary N) is 1. The van der Waals surface area contributed by atoms with E-state index in [9.17, 15) is 8.78 Å². The predicted octanol–water partition coefficient (Wildman–Crippen LogP) is 3.46. The maximum Gasteiger partial charge on any atom is 0.132 e. The van der Waals surface area contributed by atoms with Gasteiger partial charge in [-0.15, -0.1) is 0 Å². The molecule has 21 heavy (non-hydrogen) atoms. The highest BCUT2D eigenvalue weighted by Crippen LogP contribution is 2.23. The van der Waals surface area contributed by atoms with Crippen molar-refractivity contribution in [3.05, 3.63) is 71.8 Å². The van der Waals surface area contributed by atoms with Gasteiger partial charge in [-0.3, -0.25) is 0 Å². The Morgan fingerprint density at radius 2 is 1.71 bits per heavy atom. The quantitative estimate of drug-likeness (QED) is 0.801. The Labute approximate surface area is 120 Å². The summed E-state index contributed by atoms with van der Waals surface area (Å²) in [5.74, 6) is -0.208. The Hall–Kier alpha value is -2.69. The van der Waals surface area contributed by atoms with Crippen molar-refractivity contribution in [1.29, 1.82) is 0 Å². The van der Waals surface area contributed by atoms with Gasteiger partial charge >= 0.3 is 0 Å². The van der Waals surface area contributed by atoms with Crippen LogP contribution in [-0.4, -0.2) is 9.78 Å². The Morgan fingerprint density at radius 3 is 2.43 bits per heavy atom. The lowest BCUT2D eigenvalue weighted by molar-refractivity contribution is 0.624. The molecule has 0 fully saturated rings. The topological polar surface area (TPSA) is 43.8 Å². The molecule has 0 atom stereocenters.